The van der Waals surface area contributed by atoms with Crippen LogP contribution in [0, 0.1) is 6.92 Å². The van der Waals surface area contributed by atoms with Crippen molar-refractivity contribution in [2.75, 3.05) is 6.54 Å². The fourth-order valence-electron chi connectivity index (χ4n) is 2.14. The first-order chi connectivity index (χ1) is 7.34. The number of hydrogen-bond acceptors (Lipinski definition) is 3. The standard InChI is InChI=1S/C12H19N3/c1-10-8-12(15-9-14-10)6-5-11-4-2-3-7-13-11/h8-9,11,13H,2-7H2,1H3. The van der Waals surface area contributed by atoms with Crippen molar-refractivity contribution in [3.8, 4) is 0 Å². The molecule has 0 spiro atoms. The van der Waals surface area contributed by atoms with E-state index in [1.807, 2.05) is 6.92 Å². The molecule has 1 atom stereocenters. The van der Waals surface area contributed by atoms with Crippen molar-refractivity contribution in [3.05, 3.63) is 23.8 Å². The van der Waals surface area contributed by atoms with E-state index in [1.54, 1.807) is 6.33 Å². The minimum Gasteiger partial charge on any atom is -0.314 e. The van der Waals surface area contributed by atoms with E-state index < -0.39 is 0 Å². The van der Waals surface area contributed by atoms with E-state index >= 15 is 0 Å². The molecule has 82 valence electrons. The van der Waals surface area contributed by atoms with E-state index in [2.05, 4.69) is 21.4 Å². The second-order valence-electron chi connectivity index (χ2n) is 4.34. The molecule has 2 heterocycles. The van der Waals surface area contributed by atoms with Crippen LogP contribution in [0.2, 0.25) is 0 Å². The van der Waals surface area contributed by atoms with Crippen LogP contribution in [0.3, 0.4) is 0 Å². The quantitative estimate of drug-likeness (QED) is 0.818. The van der Waals surface area contributed by atoms with Gasteiger partial charge < -0.3 is 5.32 Å². The van der Waals surface area contributed by atoms with Crippen molar-refractivity contribution in [3.63, 3.8) is 0 Å². The summed E-state index contributed by atoms with van der Waals surface area (Å²) < 4.78 is 0. The number of aromatic nitrogens is 2. The number of nitrogens with one attached hydrogen (secondary N) is 1. The maximum absolute atomic E-state index is 4.29. The van der Waals surface area contributed by atoms with E-state index in [4.69, 9.17) is 0 Å². The van der Waals surface area contributed by atoms with Crippen LogP contribution in [0.25, 0.3) is 0 Å². The predicted molar refractivity (Wildman–Crippen MR) is 60.7 cm³/mol. The molecular formula is C12H19N3. The molecule has 0 aliphatic carbocycles. The van der Waals surface area contributed by atoms with Crippen LogP contribution in [-0.2, 0) is 6.42 Å². The Bertz CT molecular complexity index is 305. The third kappa shape index (κ3) is 3.27. The van der Waals surface area contributed by atoms with E-state index in [0.717, 1.165) is 12.1 Å². The highest BCUT2D eigenvalue weighted by molar-refractivity contribution is 5.06. The van der Waals surface area contributed by atoms with Crippen molar-refractivity contribution in [2.24, 2.45) is 0 Å². The summed E-state index contributed by atoms with van der Waals surface area (Å²) in [5.41, 5.74) is 2.24. The zero-order valence-corrected chi connectivity index (χ0v) is 9.37. The van der Waals surface area contributed by atoms with Gasteiger partial charge in [-0.05, 0) is 45.2 Å². The fraction of sp³-hybridized carbons (Fsp3) is 0.667. The van der Waals surface area contributed by atoms with E-state index in [9.17, 15) is 0 Å². The first-order valence-electron chi connectivity index (χ1n) is 5.85. The summed E-state index contributed by atoms with van der Waals surface area (Å²) in [6.07, 6.45) is 7.98. The van der Waals surface area contributed by atoms with Crippen LogP contribution in [-0.4, -0.2) is 22.6 Å². The van der Waals surface area contributed by atoms with Gasteiger partial charge in [0.05, 0.1) is 0 Å². The Morgan fingerprint density at radius 1 is 1.40 bits per heavy atom. The summed E-state index contributed by atoms with van der Waals surface area (Å²) >= 11 is 0. The molecule has 0 saturated carbocycles. The summed E-state index contributed by atoms with van der Waals surface area (Å²) in [5, 5.41) is 3.56. The number of piperidine rings is 1. The molecule has 2 rings (SSSR count). The number of hydrogen-bond donors (Lipinski definition) is 1. The lowest BCUT2D eigenvalue weighted by Crippen LogP contribution is -2.34. The monoisotopic (exact) mass is 205 g/mol. The van der Waals surface area contributed by atoms with Gasteiger partial charge in [0, 0.05) is 17.4 Å². The molecule has 0 radical (unpaired) electrons. The van der Waals surface area contributed by atoms with E-state index in [0.29, 0.717) is 6.04 Å². The van der Waals surface area contributed by atoms with E-state index in [-0.39, 0.29) is 0 Å². The molecule has 1 aromatic heterocycles. The molecule has 15 heavy (non-hydrogen) atoms. The van der Waals surface area contributed by atoms with Gasteiger partial charge in [0.2, 0.25) is 0 Å². The van der Waals surface area contributed by atoms with Gasteiger partial charge in [0.25, 0.3) is 0 Å². The average molecular weight is 205 g/mol. The summed E-state index contributed by atoms with van der Waals surface area (Å²) in [4.78, 5) is 8.39. The highest BCUT2D eigenvalue weighted by Crippen LogP contribution is 2.12. The van der Waals surface area contributed by atoms with Crippen LogP contribution in [0.15, 0.2) is 12.4 Å². The van der Waals surface area contributed by atoms with Gasteiger partial charge in [0.15, 0.2) is 0 Å². The third-order valence-corrected chi connectivity index (χ3v) is 3.02. The van der Waals surface area contributed by atoms with Gasteiger partial charge >= 0.3 is 0 Å². The van der Waals surface area contributed by atoms with Gasteiger partial charge in [-0.25, -0.2) is 9.97 Å². The van der Waals surface area contributed by atoms with Gasteiger partial charge in [-0.3, -0.25) is 0 Å². The number of aryl methyl sites for hydroxylation is 2. The minimum absolute atomic E-state index is 0.703. The maximum atomic E-state index is 4.29. The normalized spacial score (nSPS) is 21.5. The van der Waals surface area contributed by atoms with Gasteiger partial charge in [-0.1, -0.05) is 6.42 Å². The molecule has 1 unspecified atom stereocenters. The Hall–Kier alpha value is -0.960. The maximum Gasteiger partial charge on any atom is 0.115 e. The van der Waals surface area contributed by atoms with Crippen molar-refractivity contribution in [2.45, 2.75) is 45.1 Å². The Morgan fingerprint density at radius 3 is 3.07 bits per heavy atom. The highest BCUT2D eigenvalue weighted by atomic mass is 14.9. The second-order valence-corrected chi connectivity index (χ2v) is 4.34. The molecule has 1 saturated heterocycles. The van der Waals surface area contributed by atoms with E-state index in [1.165, 1.54) is 37.9 Å². The smallest absolute Gasteiger partial charge is 0.115 e. The number of rotatable bonds is 3. The molecule has 1 aliphatic heterocycles. The summed E-state index contributed by atoms with van der Waals surface area (Å²) in [6, 6.07) is 2.79. The molecule has 0 amide bonds. The van der Waals surface area contributed by atoms with Crippen molar-refractivity contribution in [1.82, 2.24) is 15.3 Å². The van der Waals surface area contributed by atoms with Crippen LogP contribution in [0.1, 0.15) is 37.1 Å². The van der Waals surface area contributed by atoms with Crippen molar-refractivity contribution < 1.29 is 0 Å². The first-order valence-corrected chi connectivity index (χ1v) is 5.85. The van der Waals surface area contributed by atoms with Gasteiger partial charge in [-0.2, -0.15) is 0 Å². The summed E-state index contributed by atoms with van der Waals surface area (Å²) in [6.45, 7) is 3.21. The largest absolute Gasteiger partial charge is 0.314 e. The molecule has 3 nitrogen and oxygen atoms in total. The fourth-order valence-corrected chi connectivity index (χ4v) is 2.14. The van der Waals surface area contributed by atoms with Crippen LogP contribution in [0.4, 0.5) is 0 Å². The van der Waals surface area contributed by atoms with Crippen LogP contribution in [0.5, 0.6) is 0 Å². The SMILES string of the molecule is Cc1cc(CCC2CCCCN2)ncn1. The Morgan fingerprint density at radius 2 is 2.33 bits per heavy atom. The Kier molecular flexibility index (Phi) is 3.67. The lowest BCUT2D eigenvalue weighted by atomic mass is 9.99. The minimum atomic E-state index is 0.703. The molecular weight excluding hydrogens is 186 g/mol. The molecule has 0 aromatic carbocycles. The first kappa shape index (κ1) is 10.6. The van der Waals surface area contributed by atoms with Crippen LogP contribution >= 0.6 is 0 Å². The molecule has 1 aliphatic rings. The Labute approximate surface area is 91.3 Å². The topological polar surface area (TPSA) is 37.8 Å². The number of nitrogens with zero attached hydrogens (tertiary/aromatic N) is 2. The molecule has 3 heteroatoms. The molecule has 1 fully saturated rings. The van der Waals surface area contributed by atoms with Crippen LogP contribution < -0.4 is 5.32 Å². The summed E-state index contributed by atoms with van der Waals surface area (Å²) in [7, 11) is 0. The van der Waals surface area contributed by atoms with Gasteiger partial charge in [0.1, 0.15) is 6.33 Å². The third-order valence-electron chi connectivity index (χ3n) is 3.02. The van der Waals surface area contributed by atoms with Crippen molar-refractivity contribution >= 4 is 0 Å². The second kappa shape index (κ2) is 5.21. The molecule has 0 bridgehead atoms. The van der Waals surface area contributed by atoms with Gasteiger partial charge in [-0.15, -0.1) is 0 Å². The highest BCUT2D eigenvalue weighted by Gasteiger charge is 2.12. The predicted octanol–water partition coefficient (Wildman–Crippen LogP) is 1.86. The average Bonchev–Trinajstić information content (AvgIpc) is 2.28. The van der Waals surface area contributed by atoms with Crippen molar-refractivity contribution in [1.29, 1.82) is 0 Å². The summed E-state index contributed by atoms with van der Waals surface area (Å²) in [5.74, 6) is 0. The lowest BCUT2D eigenvalue weighted by molar-refractivity contribution is 0.382. The molecule has 1 N–H and O–H groups in total. The zero-order valence-electron chi connectivity index (χ0n) is 9.37. The lowest BCUT2D eigenvalue weighted by Gasteiger charge is -2.23. The Balaban J connectivity index is 1.81. The molecule has 1 aromatic rings. The zero-order chi connectivity index (χ0) is 10.5.